The van der Waals surface area contributed by atoms with Gasteiger partial charge in [0.05, 0.1) is 16.5 Å². The summed E-state index contributed by atoms with van der Waals surface area (Å²) in [7, 11) is 0. The summed E-state index contributed by atoms with van der Waals surface area (Å²) in [6, 6.07) is 0. The van der Waals surface area contributed by atoms with E-state index in [2.05, 4.69) is 11.4 Å². The molecule has 2 aliphatic heterocycles. The summed E-state index contributed by atoms with van der Waals surface area (Å²) in [4.78, 5) is 0. The van der Waals surface area contributed by atoms with Gasteiger partial charge in [-0.15, -0.1) is 0 Å². The smallest absolute Gasteiger partial charge is 0.303 e. The second kappa shape index (κ2) is 1.16. The topological polar surface area (TPSA) is 47.5 Å². The van der Waals surface area contributed by atoms with Gasteiger partial charge in [0.25, 0.3) is 5.95 Å². The first kappa shape index (κ1) is 5.01. The molecule has 1 N–H and O–H groups in total. The van der Waals surface area contributed by atoms with Gasteiger partial charge in [0.1, 0.15) is 0 Å². The van der Waals surface area contributed by atoms with Crippen molar-refractivity contribution in [1.29, 1.82) is 0 Å². The molecule has 0 fully saturated rings. The van der Waals surface area contributed by atoms with Crippen molar-refractivity contribution in [3.05, 3.63) is 11.1 Å². The Kier molecular flexibility index (Phi) is 0.446. The number of furan rings is 2. The molecule has 13 heavy (non-hydrogen) atoms. The molecule has 2 aromatic rings. The van der Waals surface area contributed by atoms with Crippen molar-refractivity contribution in [2.24, 2.45) is 0 Å². The number of rotatable bonds is 0. The minimum absolute atomic E-state index is 0.0944. The van der Waals surface area contributed by atoms with Crippen LogP contribution in [0.15, 0.2) is 8.83 Å². The minimum atomic E-state index is -0.0944. The number of anilines is 1. The van der Waals surface area contributed by atoms with Crippen LogP contribution in [0.4, 0.5) is 5.88 Å². The lowest BCUT2D eigenvalue weighted by Crippen LogP contribution is -2.24. The Morgan fingerprint density at radius 1 is 1.31 bits per heavy atom. The molecule has 1 atom stereocenters. The third-order valence-corrected chi connectivity index (χ3v) is 2.91. The Hall–Kier alpha value is -1.84. The zero-order valence-electron chi connectivity index (χ0n) is 6.38. The highest BCUT2D eigenvalue weighted by molar-refractivity contribution is 6.15. The molecule has 4 heterocycles. The highest BCUT2D eigenvalue weighted by Gasteiger charge is 2.45. The highest BCUT2D eigenvalue weighted by Crippen LogP contribution is 2.57. The fraction of sp³-hybridized carbons (Fsp3) is 0.111. The molecule has 2 bridgehead atoms. The lowest BCUT2D eigenvalue weighted by atomic mass is 10.1. The Labute approximate surface area is 71.8 Å². The summed E-state index contributed by atoms with van der Waals surface area (Å²) < 4.78 is 16.4. The van der Waals surface area contributed by atoms with Gasteiger partial charge in [0.15, 0.2) is 0 Å². The summed E-state index contributed by atoms with van der Waals surface area (Å²) in [5.41, 5.74) is 3.40. The molecule has 4 heteroatoms. The van der Waals surface area contributed by atoms with E-state index in [1.165, 1.54) is 5.57 Å². The molecular formula is C9H3NO3. The summed E-state index contributed by atoms with van der Waals surface area (Å²) in [6.45, 7) is 0. The first-order valence-corrected chi connectivity index (χ1v) is 4.16. The van der Waals surface area contributed by atoms with E-state index in [1.807, 2.05) is 0 Å². The van der Waals surface area contributed by atoms with Gasteiger partial charge in [0, 0.05) is 5.57 Å². The van der Waals surface area contributed by atoms with Crippen LogP contribution < -0.4 is 10.1 Å². The van der Waals surface area contributed by atoms with Crippen LogP contribution in [0, 0.1) is 0 Å². The second-order valence-corrected chi connectivity index (χ2v) is 3.51. The van der Waals surface area contributed by atoms with Gasteiger partial charge in [-0.05, 0) is 6.08 Å². The third-order valence-electron chi connectivity index (χ3n) is 2.91. The summed E-state index contributed by atoms with van der Waals surface area (Å²) in [5.74, 6) is 1.95. The minimum Gasteiger partial charge on any atom is -0.436 e. The van der Waals surface area contributed by atoms with Crippen LogP contribution in [-0.4, -0.2) is 6.23 Å². The van der Waals surface area contributed by atoms with Gasteiger partial charge >= 0.3 is 5.78 Å². The molecule has 3 aliphatic rings. The van der Waals surface area contributed by atoms with Crippen molar-refractivity contribution in [2.75, 3.05) is 5.32 Å². The highest BCUT2D eigenvalue weighted by atomic mass is 16.6. The molecule has 4 nitrogen and oxygen atoms in total. The molecule has 0 aromatic carbocycles. The van der Waals surface area contributed by atoms with E-state index < -0.39 is 0 Å². The molecule has 0 amide bonds. The lowest BCUT2D eigenvalue weighted by Gasteiger charge is -2.16. The monoisotopic (exact) mass is 173 g/mol. The zero-order chi connectivity index (χ0) is 8.15. The van der Waals surface area contributed by atoms with E-state index >= 15 is 0 Å². The summed E-state index contributed by atoms with van der Waals surface area (Å²) in [5, 5.41) is 4.24. The van der Waals surface area contributed by atoms with Crippen molar-refractivity contribution >= 4 is 28.7 Å². The number of hydrogen-bond donors (Lipinski definition) is 1. The molecule has 0 spiro atoms. The van der Waals surface area contributed by atoms with Crippen LogP contribution in [0.2, 0.25) is 0 Å². The van der Waals surface area contributed by atoms with Crippen LogP contribution >= 0.6 is 0 Å². The maximum absolute atomic E-state index is 5.53. The summed E-state index contributed by atoms with van der Waals surface area (Å²) >= 11 is 0. The fourth-order valence-corrected chi connectivity index (χ4v) is 2.39. The molecule has 0 radical (unpaired) electrons. The maximum atomic E-state index is 5.53. The van der Waals surface area contributed by atoms with Gasteiger partial charge in [-0.25, -0.2) is 0 Å². The van der Waals surface area contributed by atoms with E-state index in [-0.39, 0.29) is 6.23 Å². The van der Waals surface area contributed by atoms with Gasteiger partial charge in [-0.1, -0.05) is 0 Å². The van der Waals surface area contributed by atoms with Crippen LogP contribution in [0.3, 0.4) is 0 Å². The summed E-state index contributed by atoms with van der Waals surface area (Å²) in [6.07, 6.45) is 2.02. The molecule has 1 aliphatic carbocycles. The first-order chi connectivity index (χ1) is 6.42. The number of ether oxygens (including phenoxy) is 1. The third kappa shape index (κ3) is 0.317. The van der Waals surface area contributed by atoms with Crippen molar-refractivity contribution in [3.63, 3.8) is 0 Å². The molecule has 0 saturated carbocycles. The van der Waals surface area contributed by atoms with Crippen LogP contribution in [0.25, 0.3) is 22.8 Å². The van der Waals surface area contributed by atoms with Crippen molar-refractivity contribution in [1.82, 2.24) is 0 Å². The predicted molar refractivity (Wildman–Crippen MR) is 44.4 cm³/mol. The standard InChI is InChI=1S/C9H3NO3/c1-2-4-5-3(1)7-10-6(2)11-8(4)13-9(5)12-7/h1,6,10H. The zero-order valence-corrected chi connectivity index (χ0v) is 6.38. The van der Waals surface area contributed by atoms with Gasteiger partial charge < -0.3 is 18.9 Å². The second-order valence-electron chi connectivity index (χ2n) is 3.51. The average molecular weight is 173 g/mol. The van der Waals surface area contributed by atoms with Crippen molar-refractivity contribution < 1.29 is 13.6 Å². The van der Waals surface area contributed by atoms with E-state index in [0.717, 1.165) is 22.4 Å². The van der Waals surface area contributed by atoms with E-state index in [4.69, 9.17) is 13.6 Å². The quantitative estimate of drug-likeness (QED) is 0.662. The van der Waals surface area contributed by atoms with Crippen molar-refractivity contribution in [2.45, 2.75) is 6.23 Å². The van der Waals surface area contributed by atoms with Crippen LogP contribution in [0.5, 0.6) is 5.95 Å². The number of nitrogens with one attached hydrogen (secondary N) is 1. The lowest BCUT2D eigenvalue weighted by molar-refractivity contribution is 0.223. The first-order valence-electron chi connectivity index (χ1n) is 4.16. The van der Waals surface area contributed by atoms with E-state index in [9.17, 15) is 0 Å². The van der Waals surface area contributed by atoms with E-state index in [1.54, 1.807) is 0 Å². The predicted octanol–water partition coefficient (Wildman–Crippen LogP) is 2.02. The average Bonchev–Trinajstić information content (AvgIpc) is 2.73. The molecule has 5 rings (SSSR count). The molecule has 62 valence electrons. The van der Waals surface area contributed by atoms with Crippen LogP contribution in [-0.2, 0) is 0 Å². The molecule has 0 saturated heterocycles. The Morgan fingerprint density at radius 3 is 3.31 bits per heavy atom. The normalized spacial score (nSPS) is 24.3. The van der Waals surface area contributed by atoms with Gasteiger partial charge in [-0.2, -0.15) is 0 Å². The number of hydrogen-bond acceptors (Lipinski definition) is 4. The Bertz CT molecular complexity index is 599. The van der Waals surface area contributed by atoms with Gasteiger partial charge in [-0.3, -0.25) is 0 Å². The largest absolute Gasteiger partial charge is 0.436 e. The maximum Gasteiger partial charge on any atom is 0.303 e. The molecule has 2 aromatic heterocycles. The fourth-order valence-electron chi connectivity index (χ4n) is 2.39. The Balaban J connectivity index is 2.30. The molecular weight excluding hydrogens is 170 g/mol. The van der Waals surface area contributed by atoms with Crippen molar-refractivity contribution in [3.8, 4) is 5.95 Å². The molecule has 1 unspecified atom stereocenters. The van der Waals surface area contributed by atoms with Gasteiger partial charge in [0.2, 0.25) is 12.1 Å². The van der Waals surface area contributed by atoms with Crippen LogP contribution in [0.1, 0.15) is 11.1 Å². The van der Waals surface area contributed by atoms with E-state index in [0.29, 0.717) is 11.7 Å². The Morgan fingerprint density at radius 2 is 2.31 bits per heavy atom. The SMILES string of the molecule is C1=C2c3c4oc5oc(c1c35)NC2O4.